The maximum absolute atomic E-state index is 11.2. The molecule has 0 radical (unpaired) electrons. The van der Waals surface area contributed by atoms with Gasteiger partial charge in [0.15, 0.2) is 0 Å². The second kappa shape index (κ2) is 7.03. The summed E-state index contributed by atoms with van der Waals surface area (Å²) >= 11 is 0. The molecule has 0 aliphatic carbocycles. The van der Waals surface area contributed by atoms with Gasteiger partial charge < -0.3 is 16.0 Å². The third kappa shape index (κ3) is 4.16. The van der Waals surface area contributed by atoms with Gasteiger partial charge in [0.1, 0.15) is 5.69 Å². The number of primary amides is 1. The number of rotatable bonds is 7. The SMILES string of the molecule is NC(=O)c1ccc([N+](=O)[O-])c(NCCCN2CCCC2)c1. The van der Waals surface area contributed by atoms with Gasteiger partial charge in [-0.2, -0.15) is 0 Å². The van der Waals surface area contributed by atoms with Crippen molar-refractivity contribution in [3.63, 3.8) is 0 Å². The van der Waals surface area contributed by atoms with Crippen LogP contribution in [-0.4, -0.2) is 41.9 Å². The number of anilines is 1. The van der Waals surface area contributed by atoms with Gasteiger partial charge in [-0.1, -0.05) is 0 Å². The van der Waals surface area contributed by atoms with Gasteiger partial charge in [0.25, 0.3) is 5.69 Å². The maximum atomic E-state index is 11.2. The molecule has 0 bridgehead atoms. The Kier molecular flexibility index (Phi) is 5.10. The topological polar surface area (TPSA) is 102 Å². The molecule has 1 saturated heterocycles. The Morgan fingerprint density at radius 3 is 2.71 bits per heavy atom. The van der Waals surface area contributed by atoms with E-state index in [-0.39, 0.29) is 11.3 Å². The Labute approximate surface area is 123 Å². The monoisotopic (exact) mass is 292 g/mol. The zero-order chi connectivity index (χ0) is 15.2. The molecule has 1 aromatic carbocycles. The number of amides is 1. The first kappa shape index (κ1) is 15.2. The molecule has 114 valence electrons. The van der Waals surface area contributed by atoms with Gasteiger partial charge in [-0.05, 0) is 51.0 Å². The molecule has 1 amide bonds. The van der Waals surface area contributed by atoms with E-state index in [4.69, 9.17) is 5.73 Å². The molecule has 0 spiro atoms. The van der Waals surface area contributed by atoms with Crippen LogP contribution in [0, 0.1) is 10.1 Å². The first-order valence-corrected chi connectivity index (χ1v) is 7.12. The molecule has 21 heavy (non-hydrogen) atoms. The number of nitrogens with two attached hydrogens (primary N) is 1. The Morgan fingerprint density at radius 1 is 1.38 bits per heavy atom. The quantitative estimate of drug-likeness (QED) is 0.451. The summed E-state index contributed by atoms with van der Waals surface area (Å²) < 4.78 is 0. The molecule has 3 N–H and O–H groups in total. The summed E-state index contributed by atoms with van der Waals surface area (Å²) in [5.41, 5.74) is 5.77. The van der Waals surface area contributed by atoms with Crippen LogP contribution >= 0.6 is 0 Å². The molecule has 1 aliphatic heterocycles. The predicted octanol–water partition coefficient (Wildman–Crippen LogP) is 1.59. The lowest BCUT2D eigenvalue weighted by Crippen LogP contribution is -2.22. The van der Waals surface area contributed by atoms with E-state index < -0.39 is 10.8 Å². The van der Waals surface area contributed by atoms with Crippen molar-refractivity contribution in [3.05, 3.63) is 33.9 Å². The smallest absolute Gasteiger partial charge is 0.292 e. The minimum atomic E-state index is -0.593. The van der Waals surface area contributed by atoms with E-state index >= 15 is 0 Å². The molecule has 0 saturated carbocycles. The number of hydrogen-bond donors (Lipinski definition) is 2. The van der Waals surface area contributed by atoms with Crippen molar-refractivity contribution >= 4 is 17.3 Å². The largest absolute Gasteiger partial charge is 0.379 e. The summed E-state index contributed by atoms with van der Waals surface area (Å²) in [6.45, 7) is 3.88. The third-order valence-corrected chi connectivity index (χ3v) is 3.64. The van der Waals surface area contributed by atoms with Crippen molar-refractivity contribution in [2.75, 3.05) is 31.5 Å². The minimum Gasteiger partial charge on any atom is -0.379 e. The number of nitrogens with one attached hydrogen (secondary N) is 1. The highest BCUT2D eigenvalue weighted by molar-refractivity contribution is 5.94. The fraction of sp³-hybridized carbons (Fsp3) is 0.500. The van der Waals surface area contributed by atoms with Crippen LogP contribution in [0.2, 0.25) is 0 Å². The van der Waals surface area contributed by atoms with Crippen molar-refractivity contribution in [1.29, 1.82) is 0 Å². The average Bonchev–Trinajstić information content (AvgIpc) is 2.96. The van der Waals surface area contributed by atoms with Gasteiger partial charge in [0, 0.05) is 18.2 Å². The summed E-state index contributed by atoms with van der Waals surface area (Å²) in [7, 11) is 0. The summed E-state index contributed by atoms with van der Waals surface area (Å²) in [6, 6.07) is 4.12. The van der Waals surface area contributed by atoms with Gasteiger partial charge in [-0.25, -0.2) is 0 Å². The lowest BCUT2D eigenvalue weighted by atomic mass is 10.1. The Hall–Kier alpha value is -2.15. The Morgan fingerprint density at radius 2 is 2.10 bits per heavy atom. The molecule has 0 atom stereocenters. The van der Waals surface area contributed by atoms with Gasteiger partial charge >= 0.3 is 0 Å². The van der Waals surface area contributed by atoms with E-state index in [2.05, 4.69) is 10.2 Å². The lowest BCUT2D eigenvalue weighted by Gasteiger charge is -2.14. The van der Waals surface area contributed by atoms with E-state index in [0.717, 1.165) is 26.1 Å². The van der Waals surface area contributed by atoms with Crippen molar-refractivity contribution in [3.8, 4) is 0 Å². The zero-order valence-electron chi connectivity index (χ0n) is 11.9. The average molecular weight is 292 g/mol. The highest BCUT2D eigenvalue weighted by atomic mass is 16.6. The van der Waals surface area contributed by atoms with Crippen molar-refractivity contribution in [2.24, 2.45) is 5.73 Å². The molecule has 1 aromatic rings. The third-order valence-electron chi connectivity index (χ3n) is 3.64. The van der Waals surface area contributed by atoms with Crippen molar-refractivity contribution in [2.45, 2.75) is 19.3 Å². The van der Waals surface area contributed by atoms with Crippen LogP contribution < -0.4 is 11.1 Å². The highest BCUT2D eigenvalue weighted by Gasteiger charge is 2.16. The van der Waals surface area contributed by atoms with Gasteiger partial charge in [-0.15, -0.1) is 0 Å². The number of hydrogen-bond acceptors (Lipinski definition) is 5. The van der Waals surface area contributed by atoms with Crippen LogP contribution in [0.15, 0.2) is 18.2 Å². The normalized spacial score (nSPS) is 15.0. The molecular weight excluding hydrogens is 272 g/mol. The summed E-state index contributed by atoms with van der Waals surface area (Å²) in [5.74, 6) is -0.593. The molecule has 2 rings (SSSR count). The minimum absolute atomic E-state index is 0.0406. The molecule has 7 nitrogen and oxygen atoms in total. The standard InChI is InChI=1S/C14H20N4O3/c15-14(19)11-4-5-13(18(20)21)12(10-11)16-6-3-9-17-7-1-2-8-17/h4-5,10,16H,1-3,6-9H2,(H2,15,19). The van der Waals surface area contributed by atoms with E-state index in [9.17, 15) is 14.9 Å². The number of nitrogens with zero attached hydrogens (tertiary/aromatic N) is 2. The molecule has 1 fully saturated rings. The zero-order valence-corrected chi connectivity index (χ0v) is 11.9. The Balaban J connectivity index is 1.94. The van der Waals surface area contributed by atoms with E-state index in [1.807, 2.05) is 0 Å². The second-order valence-electron chi connectivity index (χ2n) is 5.18. The molecule has 1 heterocycles. The molecule has 0 unspecified atom stereocenters. The summed E-state index contributed by atoms with van der Waals surface area (Å²) in [4.78, 5) is 24.1. The molecular formula is C14H20N4O3. The van der Waals surface area contributed by atoms with E-state index in [1.165, 1.54) is 31.0 Å². The highest BCUT2D eigenvalue weighted by Crippen LogP contribution is 2.25. The number of benzene rings is 1. The first-order valence-electron chi connectivity index (χ1n) is 7.12. The number of carbonyl (C=O) groups excluding carboxylic acids is 1. The van der Waals surface area contributed by atoms with Gasteiger partial charge in [0.2, 0.25) is 5.91 Å². The summed E-state index contributed by atoms with van der Waals surface area (Å²) in [6.07, 6.45) is 3.40. The van der Waals surface area contributed by atoms with Crippen LogP contribution in [0.5, 0.6) is 0 Å². The van der Waals surface area contributed by atoms with Crippen LogP contribution in [0.4, 0.5) is 11.4 Å². The molecule has 7 heteroatoms. The molecule has 0 aromatic heterocycles. The van der Waals surface area contributed by atoms with Crippen molar-refractivity contribution < 1.29 is 9.72 Å². The Bertz CT molecular complexity index is 527. The second-order valence-corrected chi connectivity index (χ2v) is 5.18. The van der Waals surface area contributed by atoms with Gasteiger partial charge in [-0.3, -0.25) is 14.9 Å². The van der Waals surface area contributed by atoms with Crippen LogP contribution in [0.3, 0.4) is 0 Å². The fourth-order valence-corrected chi connectivity index (χ4v) is 2.52. The first-order chi connectivity index (χ1) is 10.1. The van der Waals surface area contributed by atoms with Gasteiger partial charge in [0.05, 0.1) is 4.92 Å². The molecule has 1 aliphatic rings. The fourth-order valence-electron chi connectivity index (χ4n) is 2.52. The van der Waals surface area contributed by atoms with Crippen molar-refractivity contribution in [1.82, 2.24) is 4.90 Å². The maximum Gasteiger partial charge on any atom is 0.292 e. The number of nitro benzene ring substituents is 1. The lowest BCUT2D eigenvalue weighted by molar-refractivity contribution is -0.384. The predicted molar refractivity (Wildman–Crippen MR) is 80.4 cm³/mol. The van der Waals surface area contributed by atoms with E-state index in [1.54, 1.807) is 0 Å². The summed E-state index contributed by atoms with van der Waals surface area (Å²) in [5, 5.41) is 14.0. The number of likely N-dealkylation sites (tertiary alicyclic amines) is 1. The van der Waals surface area contributed by atoms with E-state index in [0.29, 0.717) is 12.2 Å². The van der Waals surface area contributed by atoms with Crippen LogP contribution in [0.25, 0.3) is 0 Å². The van der Waals surface area contributed by atoms with Crippen LogP contribution in [0.1, 0.15) is 29.6 Å². The van der Waals surface area contributed by atoms with Crippen LogP contribution in [-0.2, 0) is 0 Å². The number of nitro groups is 1. The number of carbonyl (C=O) groups is 1.